The van der Waals surface area contributed by atoms with Gasteiger partial charge in [-0.05, 0) is 0 Å². The maximum Gasteiger partial charge on any atom is 0.151 e. The fraction of sp³-hybridized carbons (Fsp3) is 0.833. The fourth-order valence-electron chi connectivity index (χ4n) is 0.519. The molecule has 0 saturated carbocycles. The van der Waals surface area contributed by atoms with E-state index in [4.69, 9.17) is 28.3 Å². The van der Waals surface area contributed by atoms with E-state index >= 15 is 0 Å². The van der Waals surface area contributed by atoms with Crippen LogP contribution in [0.3, 0.4) is 0 Å². The molecule has 5 N–H and O–H groups in total. The molecule has 6 nitrogen and oxygen atoms in total. The lowest BCUT2D eigenvalue weighted by molar-refractivity contribution is -0.136. The lowest BCUT2D eigenvalue weighted by atomic mass is 10.0. The minimum absolute atomic E-state index is 0.957. The molecule has 0 aromatic heterocycles. The molecule has 0 bridgehead atoms. The average Bonchev–Trinajstić information content (AvgIpc) is 2.13. The normalized spacial score (nSPS) is 26.1. The summed E-state index contributed by atoms with van der Waals surface area (Å²) in [5.41, 5.74) is 0. The number of rotatable bonds is 5. The topological polar surface area (TPSA) is 118 Å². The van der Waals surface area contributed by atoms with Crippen molar-refractivity contribution < 1.29 is 33.1 Å². The minimum atomic E-state index is -3.12. The van der Waals surface area contributed by atoms with Crippen molar-refractivity contribution in [1.82, 2.24) is 0 Å². The third-order valence-electron chi connectivity index (χ3n) is 1.25. The van der Waals surface area contributed by atoms with Crippen molar-refractivity contribution in [1.29, 1.82) is 0 Å². The van der Waals surface area contributed by atoms with Crippen LogP contribution in [0.1, 0.15) is 2.74 Å². The van der Waals surface area contributed by atoms with Gasteiger partial charge in [-0.15, -0.1) is 0 Å². The number of hydrogen-bond donors (Lipinski definition) is 5. The molecule has 0 aliphatic carbocycles. The Morgan fingerprint density at radius 1 is 1.42 bits per heavy atom. The van der Waals surface area contributed by atoms with E-state index < -0.39 is 37.3 Å². The van der Waals surface area contributed by atoms with E-state index in [1.807, 2.05) is 0 Å². The van der Waals surface area contributed by atoms with Crippen LogP contribution in [0.25, 0.3) is 0 Å². The van der Waals surface area contributed by atoms with Crippen LogP contribution in [0.2, 0.25) is 0 Å². The van der Waals surface area contributed by atoms with Gasteiger partial charge in [-0.2, -0.15) is 0 Å². The monoisotopic (exact) mass is 182 g/mol. The Bertz CT molecular complexity index is 208. The largest absolute Gasteiger partial charge is 0.394 e. The van der Waals surface area contributed by atoms with E-state index in [1.165, 1.54) is 0 Å². The van der Waals surface area contributed by atoms with Crippen molar-refractivity contribution in [2.24, 2.45) is 0 Å². The summed E-state index contributed by atoms with van der Waals surface area (Å²) in [5.74, 6) is 0. The molecule has 0 aliphatic heterocycles. The summed E-state index contributed by atoms with van der Waals surface area (Å²) in [6.07, 6.45) is -11.4. The van der Waals surface area contributed by atoms with Gasteiger partial charge < -0.3 is 30.3 Å². The minimum Gasteiger partial charge on any atom is -0.394 e. The molecule has 0 aromatic carbocycles. The molecule has 0 saturated heterocycles. The van der Waals surface area contributed by atoms with Gasteiger partial charge in [0.05, 0.1) is 7.98 Å². The number of aliphatic hydroxyl groups excluding tert-OH is 4. The second-order valence-corrected chi connectivity index (χ2v) is 2.14. The lowest BCUT2D eigenvalue weighted by Gasteiger charge is -2.22. The first-order valence-corrected chi connectivity index (χ1v) is 3.13. The molecule has 4 atom stereocenters. The van der Waals surface area contributed by atoms with Crippen LogP contribution >= 0.6 is 0 Å². The van der Waals surface area contributed by atoms with Gasteiger partial charge in [0.15, 0.2) is 6.26 Å². The molecule has 0 unspecified atom stereocenters. The SMILES string of the molecule is [2H]C(=O)[C@H](O)[C@@]([2H])(O)[C@H](O)[C@H](O)CO. The van der Waals surface area contributed by atoms with Gasteiger partial charge in [0.1, 0.15) is 25.8 Å². The first-order valence-electron chi connectivity index (χ1n) is 4.13. The summed E-state index contributed by atoms with van der Waals surface area (Å²) >= 11 is 0. The Labute approximate surface area is 71.5 Å². The Morgan fingerprint density at radius 3 is 2.25 bits per heavy atom. The third-order valence-corrected chi connectivity index (χ3v) is 1.25. The summed E-state index contributed by atoms with van der Waals surface area (Å²) in [6.45, 7) is -0.957. The molecular formula is C6H12O6. The Hall–Kier alpha value is -0.530. The Morgan fingerprint density at radius 2 is 1.92 bits per heavy atom. The van der Waals surface area contributed by atoms with Gasteiger partial charge >= 0.3 is 0 Å². The molecule has 0 heterocycles. The maximum atomic E-state index is 10.3. The van der Waals surface area contributed by atoms with E-state index in [0.29, 0.717) is 0 Å². The van der Waals surface area contributed by atoms with E-state index in [0.717, 1.165) is 0 Å². The van der Waals surface area contributed by atoms with E-state index in [9.17, 15) is 4.79 Å². The maximum absolute atomic E-state index is 10.3. The molecule has 0 aliphatic rings. The van der Waals surface area contributed by atoms with Crippen molar-refractivity contribution in [2.75, 3.05) is 6.61 Å². The summed E-state index contributed by atoms with van der Waals surface area (Å²) in [7, 11) is 0. The molecule has 0 rings (SSSR count). The number of hydrogen-bond acceptors (Lipinski definition) is 6. The zero-order chi connectivity index (χ0) is 11.5. The molecule has 6 heteroatoms. The smallest absolute Gasteiger partial charge is 0.151 e. The molecule has 0 radical (unpaired) electrons. The Balaban J connectivity index is 4.67. The van der Waals surface area contributed by atoms with E-state index in [-0.39, 0.29) is 0 Å². The number of aldehydes is 1. The van der Waals surface area contributed by atoms with Crippen LogP contribution in [-0.2, 0) is 4.79 Å². The van der Waals surface area contributed by atoms with Gasteiger partial charge in [0.25, 0.3) is 0 Å². The predicted molar refractivity (Wildman–Crippen MR) is 37.2 cm³/mol. The highest BCUT2D eigenvalue weighted by Crippen LogP contribution is 2.02. The highest BCUT2D eigenvalue weighted by atomic mass is 16.4. The van der Waals surface area contributed by atoms with Crippen molar-refractivity contribution >= 4 is 6.26 Å². The van der Waals surface area contributed by atoms with Crippen molar-refractivity contribution in [3.63, 3.8) is 0 Å². The van der Waals surface area contributed by atoms with Crippen molar-refractivity contribution in [3.8, 4) is 0 Å². The van der Waals surface area contributed by atoms with Gasteiger partial charge in [-0.25, -0.2) is 0 Å². The summed E-state index contributed by atoms with van der Waals surface area (Å²) in [4.78, 5) is 10.3. The van der Waals surface area contributed by atoms with Crippen LogP contribution in [0, 0.1) is 0 Å². The number of carbonyl (C=O) groups excluding carboxylic acids is 1. The highest BCUT2D eigenvalue weighted by Gasteiger charge is 2.29. The Kier molecular flexibility index (Phi) is 3.49. The molecule has 12 heavy (non-hydrogen) atoms. The van der Waals surface area contributed by atoms with Gasteiger partial charge in [0, 0.05) is 0 Å². The third kappa shape index (κ3) is 2.84. The molecule has 0 spiro atoms. The predicted octanol–water partition coefficient (Wildman–Crippen LogP) is -3.38. The van der Waals surface area contributed by atoms with E-state index in [2.05, 4.69) is 0 Å². The number of aliphatic hydroxyl groups is 5. The van der Waals surface area contributed by atoms with Crippen LogP contribution < -0.4 is 0 Å². The lowest BCUT2D eigenvalue weighted by Crippen LogP contribution is -2.46. The van der Waals surface area contributed by atoms with Crippen LogP contribution in [0.5, 0.6) is 0 Å². The van der Waals surface area contributed by atoms with E-state index in [1.54, 1.807) is 0 Å². The fourth-order valence-corrected chi connectivity index (χ4v) is 0.519. The summed E-state index contributed by atoms with van der Waals surface area (Å²) < 4.78 is 13.4. The molecule has 72 valence electrons. The molecule has 0 fully saturated rings. The van der Waals surface area contributed by atoms with Gasteiger partial charge in [-0.3, -0.25) is 0 Å². The molecule has 0 amide bonds. The second kappa shape index (κ2) is 5.18. The van der Waals surface area contributed by atoms with Gasteiger partial charge in [-0.1, -0.05) is 0 Å². The zero-order valence-corrected chi connectivity index (χ0v) is 6.08. The van der Waals surface area contributed by atoms with Crippen LogP contribution in [-0.4, -0.2) is 62.8 Å². The standard InChI is InChI=1S/C6H12O6/c7-1-3(9)5(11)6(12)4(10)2-8/h1,3-6,8-12H,2H2/t3-,4+,5+,6+/m0/s1/i1D,5D. The van der Waals surface area contributed by atoms with Crippen LogP contribution in [0.4, 0.5) is 0 Å². The van der Waals surface area contributed by atoms with Crippen molar-refractivity contribution in [2.45, 2.75) is 24.4 Å². The zero-order valence-electron chi connectivity index (χ0n) is 8.08. The second-order valence-electron chi connectivity index (χ2n) is 2.14. The summed E-state index contributed by atoms with van der Waals surface area (Å²) in [5, 5.41) is 44.1. The molecule has 0 aromatic rings. The average molecular weight is 182 g/mol. The highest BCUT2D eigenvalue weighted by molar-refractivity contribution is 5.56. The van der Waals surface area contributed by atoms with Gasteiger partial charge in [0.2, 0.25) is 0 Å². The molecular weight excluding hydrogens is 168 g/mol. The first kappa shape index (κ1) is 8.09. The number of carbonyl (C=O) groups is 1. The quantitative estimate of drug-likeness (QED) is 0.283. The summed E-state index contributed by atoms with van der Waals surface area (Å²) in [6, 6.07) is 0. The van der Waals surface area contributed by atoms with Crippen molar-refractivity contribution in [3.05, 3.63) is 0 Å². The van der Waals surface area contributed by atoms with Crippen LogP contribution in [0.15, 0.2) is 0 Å². The first-order chi connectivity index (χ1) is 6.25.